The molecule has 0 atom stereocenters. The second-order valence-electron chi connectivity index (χ2n) is 3.75. The zero-order valence-corrected chi connectivity index (χ0v) is 13.3. The molecule has 0 saturated heterocycles. The molecule has 1 rings (SSSR count). The van der Waals surface area contributed by atoms with Gasteiger partial charge in [-0.2, -0.15) is 0 Å². The highest BCUT2D eigenvalue weighted by Crippen LogP contribution is 2.31. The Bertz CT molecular complexity index is 419. The maximum Gasteiger partial charge on any atom is 0.220 e. The summed E-state index contributed by atoms with van der Waals surface area (Å²) in [6.45, 7) is 0.994. The Hall–Kier alpha value is -1.11. The maximum atomic E-state index is 11.4. The number of carbonyl (C=O) groups excluding carboxylic acids is 1. The number of amides is 1. The number of hydrogen-bond donors (Lipinski definition) is 2. The number of thioether (sulfide) groups is 1. The molecule has 20 heavy (non-hydrogen) atoms. The topological polar surface area (TPSA) is 73.6 Å². The van der Waals surface area contributed by atoms with Crippen LogP contribution in [0.2, 0.25) is 0 Å². The summed E-state index contributed by atoms with van der Waals surface area (Å²) in [6, 6.07) is 5.71. The van der Waals surface area contributed by atoms with E-state index in [1.54, 1.807) is 26.0 Å². The molecule has 1 aromatic carbocycles. The lowest BCUT2D eigenvalue weighted by Crippen LogP contribution is -2.29. The number of methoxy groups -OCH3 is 2. The van der Waals surface area contributed by atoms with Crippen LogP contribution in [0.3, 0.4) is 0 Å². The predicted molar refractivity (Wildman–Crippen MR) is 84.2 cm³/mol. The lowest BCUT2D eigenvalue weighted by atomic mass is 10.3. The van der Waals surface area contributed by atoms with Crippen molar-refractivity contribution < 1.29 is 14.3 Å². The molecule has 0 bridgehead atoms. The van der Waals surface area contributed by atoms with E-state index in [9.17, 15) is 4.79 Å². The minimum atomic E-state index is 0. The number of nitrogens with two attached hydrogens (primary N) is 1. The van der Waals surface area contributed by atoms with Gasteiger partial charge in [0.15, 0.2) is 11.5 Å². The smallest absolute Gasteiger partial charge is 0.220 e. The molecule has 114 valence electrons. The molecule has 0 radical (unpaired) electrons. The van der Waals surface area contributed by atoms with Crippen molar-refractivity contribution in [2.75, 3.05) is 33.1 Å². The Morgan fingerprint density at radius 2 is 2.00 bits per heavy atom. The van der Waals surface area contributed by atoms with Gasteiger partial charge in [0.25, 0.3) is 0 Å². The van der Waals surface area contributed by atoms with Gasteiger partial charge < -0.3 is 20.5 Å². The quantitative estimate of drug-likeness (QED) is 0.713. The first-order chi connectivity index (χ1) is 9.21. The van der Waals surface area contributed by atoms with Gasteiger partial charge >= 0.3 is 0 Å². The minimum absolute atomic E-state index is 0. The summed E-state index contributed by atoms with van der Waals surface area (Å²) in [5.74, 6) is 2.14. The molecule has 0 saturated carbocycles. The van der Waals surface area contributed by atoms with Crippen molar-refractivity contribution in [3.63, 3.8) is 0 Å². The third-order valence-corrected chi connectivity index (χ3v) is 3.41. The Morgan fingerprint density at radius 3 is 2.60 bits per heavy atom. The largest absolute Gasteiger partial charge is 0.493 e. The SMILES string of the molecule is COc1ccc(SCCC(=O)NCCN)cc1OC.Cl. The standard InChI is InChI=1S/C13H20N2O3S.ClH/c1-17-11-4-3-10(9-12(11)18-2)19-8-5-13(16)15-7-6-14;/h3-4,9H,5-8,14H2,1-2H3,(H,15,16);1H. The average molecular weight is 321 g/mol. The predicted octanol–water partition coefficient (Wildman–Crippen LogP) is 1.68. The number of rotatable bonds is 8. The second kappa shape index (κ2) is 10.7. The fourth-order valence-electron chi connectivity index (χ4n) is 1.47. The van der Waals surface area contributed by atoms with Crippen LogP contribution in [0.1, 0.15) is 6.42 Å². The number of nitrogens with one attached hydrogen (secondary N) is 1. The number of hydrogen-bond acceptors (Lipinski definition) is 5. The number of benzene rings is 1. The number of carbonyl (C=O) groups is 1. The van der Waals surface area contributed by atoms with Crippen LogP contribution in [-0.4, -0.2) is 39.0 Å². The van der Waals surface area contributed by atoms with E-state index >= 15 is 0 Å². The van der Waals surface area contributed by atoms with Crippen molar-refractivity contribution in [2.45, 2.75) is 11.3 Å². The van der Waals surface area contributed by atoms with Crippen LogP contribution < -0.4 is 20.5 Å². The van der Waals surface area contributed by atoms with Crippen LogP contribution in [0, 0.1) is 0 Å². The molecule has 0 spiro atoms. The normalized spacial score (nSPS) is 9.55. The van der Waals surface area contributed by atoms with Crippen LogP contribution >= 0.6 is 24.2 Å². The molecule has 7 heteroatoms. The van der Waals surface area contributed by atoms with E-state index in [0.717, 1.165) is 4.90 Å². The molecule has 0 aromatic heterocycles. The van der Waals surface area contributed by atoms with Crippen LogP contribution in [0.15, 0.2) is 23.1 Å². The first-order valence-corrected chi connectivity index (χ1v) is 7.01. The van der Waals surface area contributed by atoms with Crippen molar-refractivity contribution >= 4 is 30.1 Å². The van der Waals surface area contributed by atoms with Crippen LogP contribution in [0.4, 0.5) is 0 Å². The van der Waals surface area contributed by atoms with Gasteiger partial charge in [-0.1, -0.05) is 0 Å². The molecule has 1 amide bonds. The van der Waals surface area contributed by atoms with Crippen LogP contribution in [0.5, 0.6) is 11.5 Å². The fraction of sp³-hybridized carbons (Fsp3) is 0.462. The van der Waals surface area contributed by atoms with Crippen molar-refractivity contribution in [2.24, 2.45) is 5.73 Å². The van der Waals surface area contributed by atoms with Crippen molar-refractivity contribution in [3.05, 3.63) is 18.2 Å². The first kappa shape index (κ1) is 18.9. The van der Waals surface area contributed by atoms with Gasteiger partial charge in [0, 0.05) is 30.2 Å². The zero-order chi connectivity index (χ0) is 14.1. The molecule has 3 N–H and O–H groups in total. The van der Waals surface area contributed by atoms with Gasteiger partial charge in [-0.05, 0) is 18.2 Å². The highest BCUT2D eigenvalue weighted by Gasteiger charge is 2.06. The minimum Gasteiger partial charge on any atom is -0.493 e. The molecule has 0 aliphatic carbocycles. The summed E-state index contributed by atoms with van der Waals surface area (Å²) in [7, 11) is 3.21. The van der Waals surface area contributed by atoms with E-state index in [0.29, 0.717) is 36.8 Å². The van der Waals surface area contributed by atoms with Crippen molar-refractivity contribution in [1.82, 2.24) is 5.32 Å². The average Bonchev–Trinajstić information content (AvgIpc) is 2.44. The van der Waals surface area contributed by atoms with Crippen molar-refractivity contribution in [3.8, 4) is 11.5 Å². The summed E-state index contributed by atoms with van der Waals surface area (Å²) >= 11 is 1.60. The molecule has 1 aromatic rings. The lowest BCUT2D eigenvalue weighted by molar-refractivity contribution is -0.120. The molecule has 0 fully saturated rings. The summed E-state index contributed by atoms with van der Waals surface area (Å²) in [5, 5.41) is 2.74. The Morgan fingerprint density at radius 1 is 1.30 bits per heavy atom. The summed E-state index contributed by atoms with van der Waals surface area (Å²) in [5.41, 5.74) is 5.31. The van der Waals surface area contributed by atoms with E-state index in [1.165, 1.54) is 0 Å². The van der Waals surface area contributed by atoms with E-state index in [4.69, 9.17) is 15.2 Å². The summed E-state index contributed by atoms with van der Waals surface area (Å²) < 4.78 is 10.4. The van der Waals surface area contributed by atoms with Gasteiger partial charge in [-0.25, -0.2) is 0 Å². The fourth-order valence-corrected chi connectivity index (χ4v) is 2.35. The molecular weight excluding hydrogens is 300 g/mol. The highest BCUT2D eigenvalue weighted by atomic mass is 35.5. The summed E-state index contributed by atoms with van der Waals surface area (Å²) in [4.78, 5) is 12.4. The molecule has 0 unspecified atom stereocenters. The molecule has 5 nitrogen and oxygen atoms in total. The van der Waals surface area contributed by atoms with Crippen molar-refractivity contribution in [1.29, 1.82) is 0 Å². The Balaban J connectivity index is 0.00000361. The Labute approximate surface area is 130 Å². The van der Waals surface area contributed by atoms with Crippen LogP contribution in [0.25, 0.3) is 0 Å². The third-order valence-electron chi connectivity index (χ3n) is 2.42. The maximum absolute atomic E-state index is 11.4. The van der Waals surface area contributed by atoms with E-state index < -0.39 is 0 Å². The highest BCUT2D eigenvalue weighted by molar-refractivity contribution is 7.99. The van der Waals surface area contributed by atoms with Gasteiger partial charge in [0.05, 0.1) is 14.2 Å². The summed E-state index contributed by atoms with van der Waals surface area (Å²) in [6.07, 6.45) is 0.471. The van der Waals surface area contributed by atoms with E-state index in [2.05, 4.69) is 5.32 Å². The molecule has 0 heterocycles. The molecule has 0 aliphatic rings. The number of halogens is 1. The van der Waals surface area contributed by atoms with Gasteiger partial charge in [-0.3, -0.25) is 4.79 Å². The molecule has 0 aliphatic heterocycles. The second-order valence-corrected chi connectivity index (χ2v) is 4.92. The van der Waals surface area contributed by atoms with E-state index in [-0.39, 0.29) is 18.3 Å². The van der Waals surface area contributed by atoms with E-state index in [1.807, 2.05) is 18.2 Å². The monoisotopic (exact) mass is 320 g/mol. The molecular formula is C13H21ClN2O3S. The zero-order valence-electron chi connectivity index (χ0n) is 11.7. The first-order valence-electron chi connectivity index (χ1n) is 6.03. The van der Waals surface area contributed by atoms with Gasteiger partial charge in [0.2, 0.25) is 5.91 Å². The Kier molecular flexibility index (Phi) is 10.1. The van der Waals surface area contributed by atoms with Gasteiger partial charge in [0.1, 0.15) is 0 Å². The number of ether oxygens (including phenoxy) is 2. The van der Waals surface area contributed by atoms with Crippen LogP contribution in [-0.2, 0) is 4.79 Å². The third kappa shape index (κ3) is 6.36. The lowest BCUT2D eigenvalue weighted by Gasteiger charge is -2.09. The van der Waals surface area contributed by atoms with Gasteiger partial charge in [-0.15, -0.1) is 24.2 Å².